The van der Waals surface area contributed by atoms with Gasteiger partial charge in [0.25, 0.3) is 0 Å². The summed E-state index contributed by atoms with van der Waals surface area (Å²) >= 11 is 0. The molecule has 0 aromatic carbocycles. The van der Waals surface area contributed by atoms with Gasteiger partial charge in [-0.05, 0) is 0 Å². The van der Waals surface area contributed by atoms with Crippen LogP contribution in [0.1, 0.15) is 0 Å². The summed E-state index contributed by atoms with van der Waals surface area (Å²) in [6.07, 6.45) is 0. The normalized spacial score (nSPS) is 8.90. The van der Waals surface area contributed by atoms with Crippen LogP contribution in [0, 0.1) is 0 Å². The Labute approximate surface area is 88.3 Å². The number of aliphatic hydroxyl groups is 1. The standard InChI is InChI=1S/C2H7NO.Ca.H3O4P/c3-1-2-4;;1-5(2,3)4/h4H,1-3H2;;(H3,1,2,3,4)/q;+2;/p-2. The van der Waals surface area contributed by atoms with Crippen molar-refractivity contribution in [3.8, 4) is 0 Å². The summed E-state index contributed by atoms with van der Waals surface area (Å²) in [6, 6.07) is 0. The Kier molecular flexibility index (Phi) is 17.9. The van der Waals surface area contributed by atoms with Crippen molar-refractivity contribution in [2.24, 2.45) is 5.73 Å². The zero-order chi connectivity index (χ0) is 7.91. The van der Waals surface area contributed by atoms with Crippen molar-refractivity contribution in [1.29, 1.82) is 0 Å². The molecule has 0 saturated heterocycles. The van der Waals surface area contributed by atoms with Gasteiger partial charge in [-0.2, -0.15) is 0 Å². The molecule has 0 spiro atoms. The Morgan fingerprint density at radius 2 is 1.60 bits per heavy atom. The van der Waals surface area contributed by atoms with Gasteiger partial charge in [0, 0.05) is 6.54 Å². The maximum Gasteiger partial charge on any atom is 2.00 e. The third kappa shape index (κ3) is 122. The molecule has 8 heteroatoms. The van der Waals surface area contributed by atoms with Crippen LogP contribution >= 0.6 is 7.82 Å². The third-order valence-electron chi connectivity index (χ3n) is 0.129. The Morgan fingerprint density at radius 1 is 1.50 bits per heavy atom. The summed E-state index contributed by atoms with van der Waals surface area (Å²) in [5.41, 5.74) is 4.78. The molecule has 0 rings (SSSR count). The number of nitrogens with two attached hydrogens (primary N) is 1. The van der Waals surface area contributed by atoms with E-state index in [9.17, 15) is 0 Å². The quantitative estimate of drug-likeness (QED) is 0.293. The summed E-state index contributed by atoms with van der Waals surface area (Å²) in [5.74, 6) is 0. The van der Waals surface area contributed by atoms with Gasteiger partial charge in [-0.25, -0.2) is 0 Å². The Bertz CT molecular complexity index is 83.4. The van der Waals surface area contributed by atoms with Gasteiger partial charge in [0.2, 0.25) is 0 Å². The van der Waals surface area contributed by atoms with Crippen LogP contribution in [-0.2, 0) is 4.57 Å². The topological polar surface area (TPSA) is 130 Å². The van der Waals surface area contributed by atoms with E-state index in [-0.39, 0.29) is 44.3 Å². The summed E-state index contributed by atoms with van der Waals surface area (Å²) in [5, 5.41) is 7.75. The Balaban J connectivity index is -0.0000000910. The van der Waals surface area contributed by atoms with Crippen molar-refractivity contribution in [2.75, 3.05) is 13.2 Å². The second-order valence-electron chi connectivity index (χ2n) is 0.981. The zero-order valence-corrected chi connectivity index (χ0v) is 8.37. The van der Waals surface area contributed by atoms with Crippen molar-refractivity contribution in [2.45, 2.75) is 0 Å². The van der Waals surface area contributed by atoms with Gasteiger partial charge < -0.3 is 30.1 Å². The number of phosphoric acid groups is 1. The van der Waals surface area contributed by atoms with Crippen LogP contribution in [-0.4, -0.2) is 60.9 Å². The SMILES string of the molecule is NCCO.O=P([O-])([O-])O.[Ca+2]. The first kappa shape index (κ1) is 17.4. The zero-order valence-electron chi connectivity index (χ0n) is 5.27. The molecule has 58 valence electrons. The predicted octanol–water partition coefficient (Wildman–Crippen LogP) is -3.64. The fourth-order valence-electron chi connectivity index (χ4n) is 0. The molecular formula is C2H8CaNO5P. The van der Waals surface area contributed by atoms with E-state index in [0.717, 1.165) is 0 Å². The first-order valence-electron chi connectivity index (χ1n) is 1.97. The van der Waals surface area contributed by atoms with Crippen molar-refractivity contribution in [1.82, 2.24) is 0 Å². The monoisotopic (exact) mass is 197 g/mol. The maximum absolute atomic E-state index is 8.66. The molecule has 0 fully saturated rings. The second kappa shape index (κ2) is 10.3. The molecule has 0 aliphatic rings. The minimum Gasteiger partial charge on any atom is -0.790 e. The molecule has 0 amide bonds. The van der Waals surface area contributed by atoms with Crippen molar-refractivity contribution in [3.05, 3.63) is 0 Å². The smallest absolute Gasteiger partial charge is 0.790 e. The number of hydrogen-bond donors (Lipinski definition) is 3. The van der Waals surface area contributed by atoms with Gasteiger partial charge in [0.1, 0.15) is 0 Å². The molecule has 0 atom stereocenters. The van der Waals surface area contributed by atoms with Gasteiger partial charge in [0.05, 0.1) is 14.4 Å². The van der Waals surface area contributed by atoms with E-state index >= 15 is 0 Å². The molecule has 0 radical (unpaired) electrons. The summed E-state index contributed by atoms with van der Waals surface area (Å²) in [4.78, 5) is 24.3. The minimum absolute atomic E-state index is 0. The van der Waals surface area contributed by atoms with E-state index in [1.807, 2.05) is 0 Å². The largest absolute Gasteiger partial charge is 2.00 e. The molecule has 0 unspecified atom stereocenters. The van der Waals surface area contributed by atoms with Crippen LogP contribution in [0.15, 0.2) is 0 Å². The van der Waals surface area contributed by atoms with Crippen LogP contribution in [0.2, 0.25) is 0 Å². The van der Waals surface area contributed by atoms with E-state index in [4.69, 9.17) is 30.1 Å². The first-order valence-corrected chi connectivity index (χ1v) is 3.47. The number of hydrogen-bond acceptors (Lipinski definition) is 5. The van der Waals surface area contributed by atoms with Crippen LogP contribution in [0.4, 0.5) is 0 Å². The van der Waals surface area contributed by atoms with Crippen LogP contribution < -0.4 is 15.5 Å². The molecule has 0 aliphatic carbocycles. The third-order valence-corrected chi connectivity index (χ3v) is 0.129. The average molecular weight is 197 g/mol. The molecular weight excluding hydrogens is 189 g/mol. The Morgan fingerprint density at radius 3 is 1.60 bits per heavy atom. The molecule has 6 nitrogen and oxygen atoms in total. The van der Waals surface area contributed by atoms with Crippen molar-refractivity contribution < 1.29 is 24.4 Å². The van der Waals surface area contributed by atoms with Crippen molar-refractivity contribution >= 4 is 45.6 Å². The van der Waals surface area contributed by atoms with Gasteiger partial charge in [0.15, 0.2) is 0 Å². The molecule has 0 aliphatic heterocycles. The van der Waals surface area contributed by atoms with Gasteiger partial charge in [-0.1, -0.05) is 0 Å². The van der Waals surface area contributed by atoms with E-state index in [2.05, 4.69) is 0 Å². The predicted molar refractivity (Wildman–Crippen MR) is 31.7 cm³/mol. The summed E-state index contributed by atoms with van der Waals surface area (Å²) in [7, 11) is -5.14. The van der Waals surface area contributed by atoms with Gasteiger partial charge in [-0.15, -0.1) is 0 Å². The van der Waals surface area contributed by atoms with Gasteiger partial charge >= 0.3 is 37.7 Å². The fraction of sp³-hybridized carbons (Fsp3) is 1.00. The second-order valence-corrected chi connectivity index (χ2v) is 1.92. The van der Waals surface area contributed by atoms with E-state index in [1.54, 1.807) is 0 Å². The van der Waals surface area contributed by atoms with Crippen LogP contribution in [0.25, 0.3) is 0 Å². The molecule has 10 heavy (non-hydrogen) atoms. The van der Waals surface area contributed by atoms with E-state index in [0.29, 0.717) is 6.54 Å². The van der Waals surface area contributed by atoms with Gasteiger partial charge in [-0.3, -0.25) is 0 Å². The molecule has 0 aromatic heterocycles. The molecule has 0 saturated carbocycles. The summed E-state index contributed by atoms with van der Waals surface area (Å²) < 4.78 is 8.66. The average Bonchev–Trinajstić information content (AvgIpc) is 1.61. The minimum atomic E-state index is -5.14. The van der Waals surface area contributed by atoms with E-state index < -0.39 is 7.82 Å². The molecule has 0 aromatic rings. The molecule has 4 N–H and O–H groups in total. The summed E-state index contributed by atoms with van der Waals surface area (Å²) in [6.45, 7) is 0.472. The number of aliphatic hydroxyl groups excluding tert-OH is 1. The Hall–Kier alpha value is 1.29. The van der Waals surface area contributed by atoms with Crippen LogP contribution in [0.3, 0.4) is 0 Å². The first-order chi connectivity index (χ1) is 3.91. The molecule has 0 bridgehead atoms. The maximum atomic E-state index is 8.66. The molecule has 0 heterocycles. The fourth-order valence-corrected chi connectivity index (χ4v) is 0. The van der Waals surface area contributed by atoms with Crippen LogP contribution in [0.5, 0.6) is 0 Å². The van der Waals surface area contributed by atoms with Crippen molar-refractivity contribution in [3.63, 3.8) is 0 Å². The van der Waals surface area contributed by atoms with E-state index in [1.165, 1.54) is 0 Å². The number of rotatable bonds is 1.